The number of carbonyl (C=O) groups excluding carboxylic acids is 1. The smallest absolute Gasteiger partial charge is 0.262 e. The number of halogens is 1. The minimum absolute atomic E-state index is 0.107. The zero-order valence-corrected chi connectivity index (χ0v) is 15.8. The van der Waals surface area contributed by atoms with Gasteiger partial charge in [-0.2, -0.15) is 0 Å². The van der Waals surface area contributed by atoms with Gasteiger partial charge in [0, 0.05) is 23.6 Å². The van der Waals surface area contributed by atoms with Crippen molar-refractivity contribution in [2.24, 2.45) is 0 Å². The Hall–Kier alpha value is -1.93. The lowest BCUT2D eigenvalue weighted by Crippen LogP contribution is -2.31. The van der Waals surface area contributed by atoms with Crippen LogP contribution in [0.15, 0.2) is 24.3 Å². The number of aromatic nitrogens is 2. The maximum absolute atomic E-state index is 12.8. The summed E-state index contributed by atoms with van der Waals surface area (Å²) in [5, 5.41) is 6.99. The molecular weight excluding hydrogens is 372 g/mol. The summed E-state index contributed by atoms with van der Waals surface area (Å²) in [7, 11) is 1.61. The van der Waals surface area contributed by atoms with Crippen LogP contribution in [0.25, 0.3) is 11.0 Å². The van der Waals surface area contributed by atoms with Gasteiger partial charge in [0.15, 0.2) is 0 Å². The molecule has 3 heterocycles. The van der Waals surface area contributed by atoms with Gasteiger partial charge in [0.25, 0.3) is 5.91 Å². The van der Waals surface area contributed by atoms with Crippen LogP contribution in [0.1, 0.15) is 32.0 Å². The van der Waals surface area contributed by atoms with E-state index in [-0.39, 0.29) is 11.9 Å². The van der Waals surface area contributed by atoms with Crippen molar-refractivity contribution in [3.63, 3.8) is 0 Å². The van der Waals surface area contributed by atoms with Crippen molar-refractivity contribution in [2.45, 2.75) is 19.0 Å². The molecule has 3 aromatic rings. The Morgan fingerprint density at radius 1 is 1.46 bits per heavy atom. The maximum Gasteiger partial charge on any atom is 0.262 e. The third kappa shape index (κ3) is 3.48. The molecule has 1 amide bonds. The molecule has 3 N–H and O–H groups in total. The van der Waals surface area contributed by atoms with Crippen LogP contribution in [-0.2, 0) is 17.7 Å². The van der Waals surface area contributed by atoms with Gasteiger partial charge in [-0.1, -0.05) is 11.6 Å². The first-order valence-electron chi connectivity index (χ1n) is 8.41. The lowest BCUT2D eigenvalue weighted by Gasteiger charge is -2.15. The molecule has 0 saturated carbocycles. The first kappa shape index (κ1) is 17.5. The lowest BCUT2D eigenvalue weighted by atomic mass is 10.1. The molecule has 1 aliphatic heterocycles. The Morgan fingerprint density at radius 2 is 2.35 bits per heavy atom. The van der Waals surface area contributed by atoms with E-state index >= 15 is 0 Å². The molecule has 4 rings (SSSR count). The number of nitrogens with one attached hydrogen (secondary N) is 3. The molecule has 0 fully saturated rings. The van der Waals surface area contributed by atoms with E-state index in [0.717, 1.165) is 35.4 Å². The average molecular weight is 391 g/mol. The summed E-state index contributed by atoms with van der Waals surface area (Å²) in [6.07, 6.45) is 0.963. The van der Waals surface area contributed by atoms with Crippen molar-refractivity contribution in [2.75, 3.05) is 20.3 Å². The predicted octanol–water partition coefficient (Wildman–Crippen LogP) is 3.04. The number of rotatable bonds is 5. The number of nitrogens with zero attached hydrogens (tertiary/aromatic N) is 1. The quantitative estimate of drug-likeness (QED) is 0.625. The highest BCUT2D eigenvalue weighted by Crippen LogP contribution is 2.26. The molecule has 26 heavy (non-hydrogen) atoms. The average Bonchev–Trinajstić information content (AvgIpc) is 3.24. The van der Waals surface area contributed by atoms with Crippen LogP contribution < -0.4 is 10.6 Å². The van der Waals surface area contributed by atoms with Crippen LogP contribution in [0, 0.1) is 0 Å². The number of amides is 1. The second kappa shape index (κ2) is 7.36. The molecule has 1 aromatic carbocycles. The second-order valence-corrected chi connectivity index (χ2v) is 7.82. The van der Waals surface area contributed by atoms with Crippen molar-refractivity contribution in [3.05, 3.63) is 50.4 Å². The lowest BCUT2D eigenvalue weighted by molar-refractivity contribution is 0.0896. The Bertz CT molecular complexity index is 928. The van der Waals surface area contributed by atoms with E-state index in [9.17, 15) is 4.79 Å². The molecule has 6 nitrogen and oxygen atoms in total. The molecule has 0 bridgehead atoms. The minimum atomic E-state index is -0.365. The summed E-state index contributed by atoms with van der Waals surface area (Å²) >= 11 is 7.57. The normalized spacial score (nSPS) is 15.0. The van der Waals surface area contributed by atoms with Gasteiger partial charge in [0.05, 0.1) is 22.5 Å². The molecule has 0 saturated heterocycles. The number of imidazole rings is 1. The van der Waals surface area contributed by atoms with Gasteiger partial charge < -0.3 is 20.4 Å². The number of hydrogen-bond donors (Lipinski definition) is 3. The fourth-order valence-corrected chi connectivity index (χ4v) is 4.36. The molecule has 0 aliphatic carbocycles. The number of methoxy groups -OCH3 is 1. The molecule has 0 radical (unpaired) electrons. The Morgan fingerprint density at radius 3 is 3.15 bits per heavy atom. The SMILES string of the molecule is COC[C@H](NC(=O)c1cc2c(s1)CNCC2)c1nc2cc(Cl)ccc2[nH]1. The third-order valence-corrected chi connectivity index (χ3v) is 5.82. The third-order valence-electron chi connectivity index (χ3n) is 4.41. The molecule has 1 aliphatic rings. The number of carbonyl (C=O) groups is 1. The van der Waals surface area contributed by atoms with Crippen LogP contribution in [0.4, 0.5) is 0 Å². The van der Waals surface area contributed by atoms with E-state index in [1.54, 1.807) is 30.6 Å². The highest BCUT2D eigenvalue weighted by molar-refractivity contribution is 7.14. The Balaban J connectivity index is 1.57. The number of benzene rings is 1. The van der Waals surface area contributed by atoms with Gasteiger partial charge in [0.2, 0.25) is 0 Å². The highest BCUT2D eigenvalue weighted by atomic mass is 35.5. The van der Waals surface area contributed by atoms with Crippen molar-refractivity contribution in [1.82, 2.24) is 20.6 Å². The Kier molecular flexibility index (Phi) is 4.95. The van der Waals surface area contributed by atoms with Crippen molar-refractivity contribution in [1.29, 1.82) is 0 Å². The van der Waals surface area contributed by atoms with Gasteiger partial charge in [0.1, 0.15) is 11.9 Å². The van der Waals surface area contributed by atoms with Gasteiger partial charge in [-0.15, -0.1) is 11.3 Å². The van der Waals surface area contributed by atoms with E-state index in [4.69, 9.17) is 16.3 Å². The van der Waals surface area contributed by atoms with E-state index in [2.05, 4.69) is 20.6 Å². The van der Waals surface area contributed by atoms with Crippen LogP contribution in [0.3, 0.4) is 0 Å². The van der Waals surface area contributed by atoms with Crippen molar-refractivity contribution in [3.8, 4) is 0 Å². The zero-order valence-electron chi connectivity index (χ0n) is 14.3. The molecule has 2 aromatic heterocycles. The summed E-state index contributed by atoms with van der Waals surface area (Å²) in [5.74, 6) is 0.547. The molecule has 8 heteroatoms. The number of H-pyrrole nitrogens is 1. The monoisotopic (exact) mass is 390 g/mol. The molecule has 0 spiro atoms. The van der Waals surface area contributed by atoms with E-state index in [1.165, 1.54) is 10.4 Å². The molecule has 0 unspecified atom stereocenters. The van der Waals surface area contributed by atoms with Crippen LogP contribution in [0.2, 0.25) is 5.02 Å². The summed E-state index contributed by atoms with van der Waals surface area (Å²) in [4.78, 5) is 22.5. The fourth-order valence-electron chi connectivity index (χ4n) is 3.11. The van der Waals surface area contributed by atoms with Gasteiger partial charge in [-0.05, 0) is 42.8 Å². The molecule has 1 atom stereocenters. The highest BCUT2D eigenvalue weighted by Gasteiger charge is 2.22. The van der Waals surface area contributed by atoms with Crippen LogP contribution in [-0.4, -0.2) is 36.1 Å². The van der Waals surface area contributed by atoms with Crippen molar-refractivity contribution < 1.29 is 9.53 Å². The first-order valence-corrected chi connectivity index (χ1v) is 9.61. The fraction of sp³-hybridized carbons (Fsp3) is 0.333. The van der Waals surface area contributed by atoms with E-state index in [1.807, 2.05) is 12.1 Å². The predicted molar refractivity (Wildman–Crippen MR) is 103 cm³/mol. The van der Waals surface area contributed by atoms with Crippen LogP contribution in [0.5, 0.6) is 0 Å². The van der Waals surface area contributed by atoms with Gasteiger partial charge in [-0.3, -0.25) is 4.79 Å². The van der Waals surface area contributed by atoms with E-state index < -0.39 is 0 Å². The minimum Gasteiger partial charge on any atom is -0.382 e. The molecular formula is C18H19ClN4O2S. The summed E-state index contributed by atoms with van der Waals surface area (Å²) in [6, 6.07) is 7.11. The standard InChI is InChI=1S/C18H19ClN4O2S/c1-25-9-14(17-21-12-3-2-11(19)7-13(12)22-17)23-18(24)15-6-10-4-5-20-8-16(10)26-15/h2-3,6-7,14,20H,4-5,8-9H2,1H3,(H,21,22)(H,23,24)/t14-/m0/s1. The summed E-state index contributed by atoms with van der Waals surface area (Å²) in [6.45, 7) is 2.11. The Labute approximate surface area is 159 Å². The number of ether oxygens (including phenoxy) is 1. The number of thiophene rings is 1. The maximum atomic E-state index is 12.8. The van der Waals surface area contributed by atoms with Gasteiger partial charge in [-0.25, -0.2) is 4.98 Å². The van der Waals surface area contributed by atoms with E-state index in [0.29, 0.717) is 17.5 Å². The second-order valence-electron chi connectivity index (χ2n) is 6.25. The van der Waals surface area contributed by atoms with Crippen LogP contribution >= 0.6 is 22.9 Å². The summed E-state index contributed by atoms with van der Waals surface area (Å²) in [5.41, 5.74) is 2.90. The van der Waals surface area contributed by atoms with Crippen molar-refractivity contribution >= 4 is 39.9 Å². The topological polar surface area (TPSA) is 79.0 Å². The van der Waals surface area contributed by atoms with Gasteiger partial charge >= 0.3 is 0 Å². The number of aromatic amines is 1. The number of fused-ring (bicyclic) bond motifs is 2. The molecule has 136 valence electrons. The first-order chi connectivity index (χ1) is 12.6. The number of hydrogen-bond acceptors (Lipinski definition) is 5. The zero-order chi connectivity index (χ0) is 18.1. The summed E-state index contributed by atoms with van der Waals surface area (Å²) < 4.78 is 5.29. The largest absolute Gasteiger partial charge is 0.382 e.